The van der Waals surface area contributed by atoms with Crippen LogP contribution in [0.5, 0.6) is 5.75 Å². The molecule has 1 aromatic heterocycles. The first-order valence-electron chi connectivity index (χ1n) is 7.02. The van der Waals surface area contributed by atoms with Gasteiger partial charge in [-0.3, -0.25) is 9.58 Å². The van der Waals surface area contributed by atoms with Gasteiger partial charge in [-0.1, -0.05) is 17.7 Å². The molecule has 0 amide bonds. The molecule has 2 aromatic rings. The average Bonchev–Trinajstić information content (AvgIpc) is 2.79. The highest BCUT2D eigenvalue weighted by molar-refractivity contribution is 5.36. The van der Waals surface area contributed by atoms with Crippen LogP contribution in [0.4, 0.5) is 0 Å². The number of aryl methyl sites for hydroxylation is 2. The normalized spacial score (nSPS) is 16.1. The van der Waals surface area contributed by atoms with Gasteiger partial charge >= 0.3 is 0 Å². The molecule has 0 unspecified atom stereocenters. The number of benzene rings is 1. The van der Waals surface area contributed by atoms with Gasteiger partial charge in [-0.05, 0) is 25.5 Å². The van der Waals surface area contributed by atoms with E-state index >= 15 is 0 Å². The number of methoxy groups -OCH3 is 1. The summed E-state index contributed by atoms with van der Waals surface area (Å²) in [5.74, 6) is 0.981. The van der Waals surface area contributed by atoms with E-state index in [0.717, 1.165) is 25.4 Å². The van der Waals surface area contributed by atoms with Gasteiger partial charge in [0.1, 0.15) is 5.75 Å². The quantitative estimate of drug-likeness (QED) is 0.856. The first-order chi connectivity index (χ1) is 9.65. The third kappa shape index (κ3) is 2.56. The maximum Gasteiger partial charge on any atom is 0.123 e. The van der Waals surface area contributed by atoms with E-state index in [2.05, 4.69) is 52.9 Å². The first-order valence-corrected chi connectivity index (χ1v) is 7.02. The van der Waals surface area contributed by atoms with E-state index in [-0.39, 0.29) is 0 Å². The van der Waals surface area contributed by atoms with Crippen molar-refractivity contribution in [2.75, 3.05) is 20.2 Å². The highest BCUT2D eigenvalue weighted by Gasteiger charge is 2.29. The van der Waals surface area contributed by atoms with Gasteiger partial charge in [-0.25, -0.2) is 0 Å². The zero-order valence-electron chi connectivity index (χ0n) is 12.3. The van der Waals surface area contributed by atoms with Crippen LogP contribution >= 0.6 is 0 Å². The second-order valence-electron chi connectivity index (χ2n) is 5.66. The Morgan fingerprint density at radius 2 is 2.05 bits per heavy atom. The average molecular weight is 271 g/mol. The topological polar surface area (TPSA) is 30.3 Å². The van der Waals surface area contributed by atoms with Crippen LogP contribution < -0.4 is 4.74 Å². The number of hydrogen-bond acceptors (Lipinski definition) is 3. The molecule has 4 heteroatoms. The largest absolute Gasteiger partial charge is 0.496 e. The van der Waals surface area contributed by atoms with Crippen molar-refractivity contribution in [1.29, 1.82) is 0 Å². The zero-order valence-corrected chi connectivity index (χ0v) is 12.3. The summed E-state index contributed by atoms with van der Waals surface area (Å²) in [4.78, 5) is 2.43. The molecule has 0 spiro atoms. The number of hydrogen-bond donors (Lipinski definition) is 0. The van der Waals surface area contributed by atoms with E-state index in [1.165, 1.54) is 16.7 Å². The van der Waals surface area contributed by atoms with Crippen LogP contribution in [-0.2, 0) is 6.54 Å². The fourth-order valence-electron chi connectivity index (χ4n) is 2.74. The highest BCUT2D eigenvalue weighted by Crippen LogP contribution is 2.27. The lowest BCUT2D eigenvalue weighted by molar-refractivity contribution is 0.0899. The minimum absolute atomic E-state index is 0.513. The van der Waals surface area contributed by atoms with Crippen molar-refractivity contribution in [1.82, 2.24) is 14.7 Å². The second kappa shape index (κ2) is 5.29. The van der Waals surface area contributed by atoms with Gasteiger partial charge in [0.25, 0.3) is 0 Å². The summed E-state index contributed by atoms with van der Waals surface area (Å²) in [5.41, 5.74) is 3.77. The van der Waals surface area contributed by atoms with Crippen molar-refractivity contribution in [3.8, 4) is 5.75 Å². The minimum atomic E-state index is 0.513. The molecule has 3 rings (SSSR count). The van der Waals surface area contributed by atoms with Crippen molar-refractivity contribution in [3.63, 3.8) is 0 Å². The van der Waals surface area contributed by atoms with E-state index in [1.54, 1.807) is 7.11 Å². The number of rotatable bonds is 4. The molecule has 106 valence electrons. The molecule has 1 aliphatic rings. The predicted octanol–water partition coefficient (Wildman–Crippen LogP) is 2.57. The molecular weight excluding hydrogens is 250 g/mol. The molecule has 0 bridgehead atoms. The molecule has 0 atom stereocenters. The third-order valence-corrected chi connectivity index (χ3v) is 3.87. The molecule has 0 radical (unpaired) electrons. The van der Waals surface area contributed by atoms with Crippen LogP contribution in [0.25, 0.3) is 0 Å². The lowest BCUT2D eigenvalue weighted by Gasteiger charge is -2.39. The molecule has 1 saturated heterocycles. The Labute approximate surface area is 120 Å². The van der Waals surface area contributed by atoms with Crippen molar-refractivity contribution >= 4 is 0 Å². The van der Waals surface area contributed by atoms with E-state index in [9.17, 15) is 0 Å². The number of aromatic nitrogens is 2. The lowest BCUT2D eigenvalue weighted by Crippen LogP contribution is -2.47. The Bertz CT molecular complexity index is 600. The van der Waals surface area contributed by atoms with Gasteiger partial charge in [0.15, 0.2) is 0 Å². The van der Waals surface area contributed by atoms with Crippen LogP contribution in [0.2, 0.25) is 0 Å². The van der Waals surface area contributed by atoms with E-state index in [4.69, 9.17) is 4.74 Å². The molecule has 0 saturated carbocycles. The van der Waals surface area contributed by atoms with Crippen molar-refractivity contribution in [2.45, 2.75) is 26.4 Å². The molecule has 1 aliphatic heterocycles. The zero-order chi connectivity index (χ0) is 14.1. The number of likely N-dealkylation sites (tertiary alicyclic amines) is 1. The Kier molecular flexibility index (Phi) is 3.49. The van der Waals surface area contributed by atoms with E-state index in [0.29, 0.717) is 6.04 Å². The summed E-state index contributed by atoms with van der Waals surface area (Å²) in [6.07, 6.45) is 4.04. The Morgan fingerprint density at radius 1 is 1.25 bits per heavy atom. The molecule has 1 fully saturated rings. The van der Waals surface area contributed by atoms with Crippen LogP contribution in [0.3, 0.4) is 0 Å². The monoisotopic (exact) mass is 271 g/mol. The summed E-state index contributed by atoms with van der Waals surface area (Å²) >= 11 is 0. The second-order valence-corrected chi connectivity index (χ2v) is 5.66. The molecule has 0 N–H and O–H groups in total. The molecule has 1 aromatic carbocycles. The van der Waals surface area contributed by atoms with Crippen LogP contribution in [-0.4, -0.2) is 34.9 Å². The molecule has 0 aliphatic carbocycles. The maximum atomic E-state index is 5.44. The standard InChI is InChI=1S/C16H21N3O/c1-12-4-5-16(20-3)14(6-12)9-18-10-15(11-18)19-8-13(2)7-17-19/h4-8,15H,9-11H2,1-3H3. The minimum Gasteiger partial charge on any atom is -0.496 e. The van der Waals surface area contributed by atoms with Gasteiger partial charge in [0, 0.05) is 31.4 Å². The van der Waals surface area contributed by atoms with Crippen molar-refractivity contribution in [3.05, 3.63) is 47.3 Å². The molecule has 20 heavy (non-hydrogen) atoms. The Morgan fingerprint density at radius 3 is 2.70 bits per heavy atom. The van der Waals surface area contributed by atoms with Gasteiger partial charge < -0.3 is 4.74 Å². The van der Waals surface area contributed by atoms with E-state index < -0.39 is 0 Å². The fourth-order valence-corrected chi connectivity index (χ4v) is 2.74. The molecule has 4 nitrogen and oxygen atoms in total. The third-order valence-electron chi connectivity index (χ3n) is 3.87. The molecular formula is C16H21N3O. The van der Waals surface area contributed by atoms with Gasteiger partial charge in [-0.2, -0.15) is 5.10 Å². The van der Waals surface area contributed by atoms with Crippen molar-refractivity contribution < 1.29 is 4.74 Å². The summed E-state index contributed by atoms with van der Waals surface area (Å²) in [6, 6.07) is 6.87. The van der Waals surface area contributed by atoms with Crippen LogP contribution in [0, 0.1) is 13.8 Å². The smallest absolute Gasteiger partial charge is 0.123 e. The fraction of sp³-hybridized carbons (Fsp3) is 0.438. The Balaban J connectivity index is 1.62. The van der Waals surface area contributed by atoms with Gasteiger partial charge in [0.2, 0.25) is 0 Å². The summed E-state index contributed by atoms with van der Waals surface area (Å²) in [6.45, 7) is 7.25. The summed E-state index contributed by atoms with van der Waals surface area (Å²) in [7, 11) is 1.74. The van der Waals surface area contributed by atoms with Crippen LogP contribution in [0.1, 0.15) is 22.7 Å². The summed E-state index contributed by atoms with van der Waals surface area (Å²) in [5, 5.41) is 4.39. The predicted molar refractivity (Wildman–Crippen MR) is 79.0 cm³/mol. The van der Waals surface area contributed by atoms with Gasteiger partial charge in [-0.15, -0.1) is 0 Å². The van der Waals surface area contributed by atoms with Gasteiger partial charge in [0.05, 0.1) is 19.3 Å². The van der Waals surface area contributed by atoms with Crippen LogP contribution in [0.15, 0.2) is 30.6 Å². The molecule has 2 heterocycles. The van der Waals surface area contributed by atoms with Crippen molar-refractivity contribution in [2.24, 2.45) is 0 Å². The number of ether oxygens (including phenoxy) is 1. The highest BCUT2D eigenvalue weighted by atomic mass is 16.5. The summed E-state index contributed by atoms with van der Waals surface area (Å²) < 4.78 is 7.52. The van der Waals surface area contributed by atoms with E-state index in [1.807, 2.05) is 6.20 Å². The Hall–Kier alpha value is -1.81. The first kappa shape index (κ1) is 13.2. The lowest BCUT2D eigenvalue weighted by atomic mass is 10.1. The maximum absolute atomic E-state index is 5.44. The number of nitrogens with zero attached hydrogens (tertiary/aromatic N) is 3. The SMILES string of the molecule is COc1ccc(C)cc1CN1CC(n2cc(C)cn2)C1.